The quantitative estimate of drug-likeness (QED) is 0.765. The summed E-state index contributed by atoms with van der Waals surface area (Å²) >= 11 is 1.59. The number of carbonyl (C=O) groups is 1. The molecular weight excluding hydrogens is 234 g/mol. The zero-order valence-corrected chi connectivity index (χ0v) is 11.1. The molecular formula is C13H19NO2S. The van der Waals surface area contributed by atoms with Crippen molar-refractivity contribution >= 4 is 23.3 Å². The molecule has 0 aliphatic carbocycles. The Morgan fingerprint density at radius 2 is 2.41 bits per heavy atom. The van der Waals surface area contributed by atoms with Crippen LogP contribution in [-0.4, -0.2) is 23.2 Å². The van der Waals surface area contributed by atoms with Crippen molar-refractivity contribution in [2.75, 3.05) is 6.61 Å². The summed E-state index contributed by atoms with van der Waals surface area (Å²) in [5, 5.41) is 13.9. The molecule has 4 heteroatoms. The minimum absolute atomic E-state index is 0.0826. The van der Waals surface area contributed by atoms with Crippen LogP contribution in [0.3, 0.4) is 0 Å². The Bertz CT molecular complexity index is 373. The van der Waals surface area contributed by atoms with Crippen molar-refractivity contribution in [3.05, 3.63) is 28.5 Å². The Morgan fingerprint density at radius 1 is 1.65 bits per heavy atom. The number of rotatable bonds is 6. The molecule has 0 aliphatic heterocycles. The van der Waals surface area contributed by atoms with E-state index in [1.54, 1.807) is 17.4 Å². The molecule has 0 bridgehead atoms. The average molecular weight is 253 g/mol. The average Bonchev–Trinajstić information content (AvgIpc) is 2.79. The predicted octanol–water partition coefficient (Wildman–Crippen LogP) is 2.43. The van der Waals surface area contributed by atoms with E-state index in [2.05, 4.69) is 5.32 Å². The summed E-state index contributed by atoms with van der Waals surface area (Å²) < 4.78 is 0. The van der Waals surface area contributed by atoms with Crippen LogP contribution in [0.15, 0.2) is 23.6 Å². The second-order valence-electron chi connectivity index (χ2n) is 4.23. The molecule has 2 N–H and O–H groups in total. The SMILES string of the molecule is CCC(C)(CCO)NC(=O)/C=C/c1cccs1. The van der Waals surface area contributed by atoms with Crippen LogP contribution in [0.5, 0.6) is 0 Å². The highest BCUT2D eigenvalue weighted by Gasteiger charge is 2.22. The summed E-state index contributed by atoms with van der Waals surface area (Å²) in [6.45, 7) is 4.03. The van der Waals surface area contributed by atoms with Gasteiger partial charge in [-0.25, -0.2) is 0 Å². The topological polar surface area (TPSA) is 49.3 Å². The first kappa shape index (κ1) is 13.9. The molecule has 1 unspecified atom stereocenters. The van der Waals surface area contributed by atoms with Crippen LogP contribution < -0.4 is 5.32 Å². The van der Waals surface area contributed by atoms with E-state index in [4.69, 9.17) is 5.11 Å². The van der Waals surface area contributed by atoms with Gasteiger partial charge in [0.05, 0.1) is 0 Å². The summed E-state index contributed by atoms with van der Waals surface area (Å²) in [5.41, 5.74) is -0.328. The third-order valence-corrected chi connectivity index (χ3v) is 3.65. The first-order chi connectivity index (χ1) is 8.09. The van der Waals surface area contributed by atoms with Crippen molar-refractivity contribution in [3.63, 3.8) is 0 Å². The minimum atomic E-state index is -0.328. The number of thiophene rings is 1. The largest absolute Gasteiger partial charge is 0.396 e. The van der Waals surface area contributed by atoms with Gasteiger partial charge in [0.2, 0.25) is 5.91 Å². The Kier molecular flexibility index (Phi) is 5.38. The summed E-state index contributed by atoms with van der Waals surface area (Å²) in [5.74, 6) is -0.115. The summed E-state index contributed by atoms with van der Waals surface area (Å²) in [7, 11) is 0. The normalized spacial score (nSPS) is 14.8. The van der Waals surface area contributed by atoms with E-state index in [9.17, 15) is 4.79 Å². The number of aliphatic hydroxyl groups excluding tert-OH is 1. The van der Waals surface area contributed by atoms with E-state index in [0.29, 0.717) is 6.42 Å². The molecule has 0 aromatic carbocycles. The summed E-state index contributed by atoms with van der Waals surface area (Å²) in [6.07, 6.45) is 4.71. The third kappa shape index (κ3) is 4.71. The molecule has 0 aliphatic rings. The maximum absolute atomic E-state index is 11.7. The smallest absolute Gasteiger partial charge is 0.244 e. The van der Waals surface area contributed by atoms with Crippen molar-refractivity contribution < 1.29 is 9.90 Å². The lowest BCUT2D eigenvalue weighted by atomic mass is 9.95. The Labute approximate surface area is 106 Å². The van der Waals surface area contributed by atoms with E-state index in [-0.39, 0.29) is 18.1 Å². The molecule has 1 amide bonds. The summed E-state index contributed by atoms with van der Waals surface area (Å²) in [6, 6.07) is 3.91. The number of hydrogen-bond donors (Lipinski definition) is 2. The van der Waals surface area contributed by atoms with Gasteiger partial charge in [-0.1, -0.05) is 13.0 Å². The molecule has 0 spiro atoms. The second-order valence-corrected chi connectivity index (χ2v) is 5.21. The van der Waals surface area contributed by atoms with Crippen LogP contribution in [-0.2, 0) is 4.79 Å². The molecule has 94 valence electrons. The standard InChI is InChI=1S/C13H19NO2S/c1-3-13(2,8-9-15)14-12(16)7-6-11-5-4-10-17-11/h4-7,10,15H,3,8-9H2,1-2H3,(H,14,16)/b7-6+. The molecule has 0 fully saturated rings. The zero-order valence-electron chi connectivity index (χ0n) is 10.3. The molecule has 3 nitrogen and oxygen atoms in total. The Morgan fingerprint density at radius 3 is 2.94 bits per heavy atom. The van der Waals surface area contributed by atoms with Crippen molar-refractivity contribution in [2.24, 2.45) is 0 Å². The molecule has 0 saturated carbocycles. The fourth-order valence-electron chi connectivity index (χ4n) is 1.46. The monoisotopic (exact) mass is 253 g/mol. The van der Waals surface area contributed by atoms with Gasteiger partial charge in [-0.05, 0) is 37.3 Å². The highest BCUT2D eigenvalue weighted by molar-refractivity contribution is 7.10. The first-order valence-corrected chi connectivity index (χ1v) is 6.62. The number of hydrogen-bond acceptors (Lipinski definition) is 3. The van der Waals surface area contributed by atoms with Gasteiger partial charge in [0, 0.05) is 23.1 Å². The lowest BCUT2D eigenvalue weighted by molar-refractivity contribution is -0.118. The second kappa shape index (κ2) is 6.57. The lowest BCUT2D eigenvalue weighted by Crippen LogP contribution is -2.45. The van der Waals surface area contributed by atoms with Crippen molar-refractivity contribution in [1.29, 1.82) is 0 Å². The number of aliphatic hydroxyl groups is 1. The Hall–Kier alpha value is -1.13. The predicted molar refractivity (Wildman–Crippen MR) is 71.9 cm³/mol. The highest BCUT2D eigenvalue weighted by atomic mass is 32.1. The van der Waals surface area contributed by atoms with Gasteiger partial charge in [-0.3, -0.25) is 4.79 Å². The van der Waals surface area contributed by atoms with Crippen LogP contribution in [0.4, 0.5) is 0 Å². The van der Waals surface area contributed by atoms with Crippen LogP contribution in [0.25, 0.3) is 6.08 Å². The molecule has 1 aromatic rings. The van der Waals surface area contributed by atoms with Gasteiger partial charge in [-0.2, -0.15) is 0 Å². The zero-order chi connectivity index (χ0) is 12.7. The minimum Gasteiger partial charge on any atom is -0.396 e. The van der Waals surface area contributed by atoms with Gasteiger partial charge in [0.15, 0.2) is 0 Å². The number of amides is 1. The molecule has 17 heavy (non-hydrogen) atoms. The third-order valence-electron chi connectivity index (χ3n) is 2.81. The van der Waals surface area contributed by atoms with Crippen molar-refractivity contribution in [3.8, 4) is 0 Å². The molecule has 1 rings (SSSR count). The van der Waals surface area contributed by atoms with E-state index in [0.717, 1.165) is 11.3 Å². The number of nitrogens with one attached hydrogen (secondary N) is 1. The lowest BCUT2D eigenvalue weighted by Gasteiger charge is -2.28. The molecule has 0 saturated heterocycles. The fourth-order valence-corrected chi connectivity index (χ4v) is 2.08. The van der Waals surface area contributed by atoms with E-state index in [1.165, 1.54) is 6.08 Å². The van der Waals surface area contributed by atoms with Crippen molar-refractivity contribution in [1.82, 2.24) is 5.32 Å². The van der Waals surface area contributed by atoms with Crippen LogP contribution in [0.2, 0.25) is 0 Å². The molecule has 0 radical (unpaired) electrons. The molecule has 1 atom stereocenters. The number of carbonyl (C=O) groups excluding carboxylic acids is 1. The van der Waals surface area contributed by atoms with Crippen LogP contribution in [0, 0.1) is 0 Å². The van der Waals surface area contributed by atoms with Gasteiger partial charge in [0.1, 0.15) is 0 Å². The fraction of sp³-hybridized carbons (Fsp3) is 0.462. The maximum Gasteiger partial charge on any atom is 0.244 e. The van der Waals surface area contributed by atoms with Gasteiger partial charge in [0.25, 0.3) is 0 Å². The summed E-state index contributed by atoms with van der Waals surface area (Å²) in [4.78, 5) is 12.8. The first-order valence-electron chi connectivity index (χ1n) is 5.74. The highest BCUT2D eigenvalue weighted by Crippen LogP contribution is 2.14. The van der Waals surface area contributed by atoms with Crippen LogP contribution in [0.1, 0.15) is 31.6 Å². The van der Waals surface area contributed by atoms with E-state index in [1.807, 2.05) is 31.4 Å². The van der Waals surface area contributed by atoms with Gasteiger partial charge in [-0.15, -0.1) is 11.3 Å². The molecule has 1 heterocycles. The van der Waals surface area contributed by atoms with E-state index < -0.39 is 0 Å². The van der Waals surface area contributed by atoms with Gasteiger partial charge < -0.3 is 10.4 Å². The molecule has 1 aromatic heterocycles. The maximum atomic E-state index is 11.7. The van der Waals surface area contributed by atoms with E-state index >= 15 is 0 Å². The van der Waals surface area contributed by atoms with Gasteiger partial charge >= 0.3 is 0 Å². The van der Waals surface area contributed by atoms with Crippen molar-refractivity contribution in [2.45, 2.75) is 32.2 Å². The van der Waals surface area contributed by atoms with Crippen LogP contribution >= 0.6 is 11.3 Å². The Balaban J connectivity index is 2.53.